The Labute approximate surface area is 291 Å². The van der Waals surface area contributed by atoms with Crippen LogP contribution in [0.2, 0.25) is 0 Å². The number of hydrogen-bond acceptors (Lipinski definition) is 1. The van der Waals surface area contributed by atoms with Gasteiger partial charge in [0, 0.05) is 0 Å². The molecule has 0 radical (unpaired) electrons. The molecule has 0 fully saturated rings. The van der Waals surface area contributed by atoms with E-state index in [2.05, 4.69) is 143 Å². The first kappa shape index (κ1) is 27.5. The molecule has 0 saturated carbocycles. The Morgan fingerprint density at radius 1 is 0.388 bits per heavy atom. The van der Waals surface area contributed by atoms with Gasteiger partial charge in [-0.1, -0.05) is 12.1 Å². The van der Waals surface area contributed by atoms with Gasteiger partial charge in [0.2, 0.25) is 0 Å². The first-order valence-electron chi connectivity index (χ1n) is 16.8. The van der Waals surface area contributed by atoms with Crippen LogP contribution < -0.4 is 5.43 Å². The van der Waals surface area contributed by atoms with Crippen molar-refractivity contribution >= 4 is 81.6 Å². The van der Waals surface area contributed by atoms with E-state index >= 15 is 0 Å². The third-order valence-corrected chi connectivity index (χ3v) is 13.8. The molecule has 0 unspecified atom stereocenters. The summed E-state index contributed by atoms with van der Waals surface area (Å²) >= 11 is -0.628. The second-order valence-electron chi connectivity index (χ2n) is 13.2. The van der Waals surface area contributed by atoms with Gasteiger partial charge < -0.3 is 0 Å². The molecule has 49 heavy (non-hydrogen) atoms. The first-order valence-corrected chi connectivity index (χ1v) is 19.1. The van der Waals surface area contributed by atoms with Gasteiger partial charge in [0.05, 0.1) is 0 Å². The summed E-state index contributed by atoms with van der Waals surface area (Å²) in [6.07, 6.45) is 1.67. The predicted octanol–water partition coefficient (Wildman–Crippen LogP) is 10.1. The molecule has 11 rings (SSSR count). The molecule has 1 aliphatic rings. The van der Waals surface area contributed by atoms with Crippen LogP contribution in [0.4, 0.5) is 0 Å². The summed E-state index contributed by atoms with van der Waals surface area (Å²) in [6.45, 7) is 0. The topological polar surface area (TPSA) is 26.9 Å². The zero-order valence-electron chi connectivity index (χ0n) is 26.5. The van der Waals surface area contributed by atoms with Crippen LogP contribution in [0.25, 0.3) is 72.6 Å². The van der Waals surface area contributed by atoms with Gasteiger partial charge in [-0.2, -0.15) is 0 Å². The number of fused-ring (bicyclic) bond motifs is 10. The van der Waals surface area contributed by atoms with Crippen LogP contribution in [0.15, 0.2) is 150 Å². The summed E-state index contributed by atoms with van der Waals surface area (Å²) < 4.78 is 7.48. The van der Waals surface area contributed by atoms with Gasteiger partial charge >= 0.3 is 281 Å². The SMILES string of the molecule is O=c1c2ccccc2[te]c2cc3c(cc12)Cc1cc(-n2c4ccccc4c4ccccc42)c(-n2c4ccccc4c4ccccc42)cc1C3. The molecule has 10 aromatic rings. The molecule has 0 aliphatic heterocycles. The average Bonchev–Trinajstić information content (AvgIpc) is 3.66. The number of rotatable bonds is 2. The van der Waals surface area contributed by atoms with Crippen LogP contribution in [-0.4, -0.2) is 29.6 Å². The summed E-state index contributed by atoms with van der Waals surface area (Å²) in [5.41, 5.74) is 12.7. The number of benzene rings is 7. The first-order chi connectivity index (χ1) is 24.2. The van der Waals surface area contributed by atoms with Crippen LogP contribution >= 0.6 is 0 Å². The van der Waals surface area contributed by atoms with E-state index in [0.29, 0.717) is 0 Å². The molecule has 0 bridgehead atoms. The second kappa shape index (κ2) is 10.3. The monoisotopic (exact) mass is 742 g/mol. The molecule has 7 aromatic carbocycles. The third-order valence-electron chi connectivity index (χ3n) is 10.6. The van der Waals surface area contributed by atoms with Crippen molar-refractivity contribution in [1.29, 1.82) is 0 Å². The molecular formula is C45H28N2OTe. The number of nitrogens with zero attached hydrogens (tertiary/aromatic N) is 2. The summed E-state index contributed by atoms with van der Waals surface area (Å²) in [7, 11) is 0. The average molecular weight is 740 g/mol. The Balaban J connectivity index is 1.23. The van der Waals surface area contributed by atoms with Gasteiger partial charge in [0.25, 0.3) is 0 Å². The molecule has 230 valence electrons. The fraction of sp³-hybridized carbons (Fsp3) is 0.0444. The van der Waals surface area contributed by atoms with Crippen molar-refractivity contribution in [2.24, 2.45) is 0 Å². The molecule has 3 heterocycles. The Hall–Kier alpha value is -5.40. The fourth-order valence-electron chi connectivity index (χ4n) is 8.39. The second-order valence-corrected chi connectivity index (χ2v) is 16.3. The molecule has 3 aromatic heterocycles. The Bertz CT molecular complexity index is 2980. The van der Waals surface area contributed by atoms with E-state index in [1.54, 1.807) is 0 Å². The summed E-state index contributed by atoms with van der Waals surface area (Å²) in [5, 5.41) is 6.85. The van der Waals surface area contributed by atoms with E-state index in [-0.39, 0.29) is 5.43 Å². The molecule has 0 N–H and O–H groups in total. The van der Waals surface area contributed by atoms with Crippen LogP contribution in [0, 0.1) is 0 Å². The zero-order valence-corrected chi connectivity index (χ0v) is 28.8. The van der Waals surface area contributed by atoms with Crippen molar-refractivity contribution in [2.75, 3.05) is 0 Å². The Morgan fingerprint density at radius 3 is 1.27 bits per heavy atom. The van der Waals surface area contributed by atoms with Gasteiger partial charge in [-0.05, 0) is 0 Å². The minimum absolute atomic E-state index is 0.184. The minimum atomic E-state index is -0.628. The van der Waals surface area contributed by atoms with Crippen molar-refractivity contribution in [3.05, 3.63) is 178 Å². The van der Waals surface area contributed by atoms with Crippen LogP contribution in [0.3, 0.4) is 0 Å². The van der Waals surface area contributed by atoms with Gasteiger partial charge in [0.15, 0.2) is 0 Å². The standard InChI is InChI=1S/C45H28N2OTe/c48-45-35-15-5-10-20-43(35)49-44-26-30-22-29-25-42(47-39-18-8-3-13-33(39)34-14-4-9-19-40(34)47)41(24-28(29)21-27(30)23-36(44)45)46-37-16-6-1-11-31(37)32-12-2-7-17-38(32)46/h1-20,23-26H,21-22H2. The quantitative estimate of drug-likeness (QED) is 0.128. The van der Waals surface area contributed by atoms with Crippen molar-refractivity contribution in [2.45, 2.75) is 12.8 Å². The van der Waals surface area contributed by atoms with E-state index in [1.165, 1.54) is 84.0 Å². The van der Waals surface area contributed by atoms with Crippen LogP contribution in [0.1, 0.15) is 22.3 Å². The Kier molecular flexibility index (Phi) is 5.79. The molecule has 4 heteroatoms. The van der Waals surface area contributed by atoms with Crippen molar-refractivity contribution in [3.8, 4) is 11.4 Å². The molecular weight excluding hydrogens is 712 g/mol. The Morgan fingerprint density at radius 2 is 0.776 bits per heavy atom. The molecule has 0 saturated heterocycles. The van der Waals surface area contributed by atoms with Crippen molar-refractivity contribution < 1.29 is 0 Å². The zero-order chi connectivity index (χ0) is 32.2. The van der Waals surface area contributed by atoms with Gasteiger partial charge in [-0.25, -0.2) is 0 Å². The molecule has 0 atom stereocenters. The predicted molar refractivity (Wildman–Crippen MR) is 205 cm³/mol. The summed E-state index contributed by atoms with van der Waals surface area (Å²) in [5.74, 6) is 0. The summed E-state index contributed by atoms with van der Waals surface area (Å²) in [4.78, 5) is 13.7. The number of hydrogen-bond donors (Lipinski definition) is 0. The third kappa shape index (κ3) is 3.93. The normalized spacial score (nSPS) is 12.8. The van der Waals surface area contributed by atoms with Gasteiger partial charge in [0.1, 0.15) is 0 Å². The van der Waals surface area contributed by atoms with E-state index in [9.17, 15) is 4.79 Å². The molecule has 3 nitrogen and oxygen atoms in total. The molecule has 0 spiro atoms. The van der Waals surface area contributed by atoms with E-state index < -0.39 is 20.4 Å². The fourth-order valence-corrected chi connectivity index (χ4v) is 11.6. The van der Waals surface area contributed by atoms with E-state index in [0.717, 1.165) is 23.6 Å². The maximum absolute atomic E-state index is 13.7. The van der Waals surface area contributed by atoms with Crippen LogP contribution in [0.5, 0.6) is 0 Å². The molecule has 0 amide bonds. The van der Waals surface area contributed by atoms with E-state index in [1.807, 2.05) is 12.1 Å². The molecule has 1 aliphatic carbocycles. The van der Waals surface area contributed by atoms with Gasteiger partial charge in [-0.3, -0.25) is 0 Å². The maximum atomic E-state index is 13.7. The number of para-hydroxylation sites is 4. The number of aromatic nitrogens is 2. The van der Waals surface area contributed by atoms with Crippen LogP contribution in [-0.2, 0) is 12.8 Å². The van der Waals surface area contributed by atoms with Crippen molar-refractivity contribution in [1.82, 2.24) is 9.13 Å². The van der Waals surface area contributed by atoms with Gasteiger partial charge in [-0.15, -0.1) is 0 Å². The summed E-state index contributed by atoms with van der Waals surface area (Å²) in [6, 6.07) is 52.9. The van der Waals surface area contributed by atoms with E-state index in [4.69, 9.17) is 0 Å². The van der Waals surface area contributed by atoms with Crippen molar-refractivity contribution in [3.63, 3.8) is 0 Å².